The average molecular weight is 371 g/mol. The van der Waals surface area contributed by atoms with Gasteiger partial charge in [0.05, 0.1) is 23.5 Å². The van der Waals surface area contributed by atoms with Crippen LogP contribution in [0.2, 0.25) is 0 Å². The lowest BCUT2D eigenvalue weighted by atomic mass is 10.1. The minimum atomic E-state index is -0.423. The van der Waals surface area contributed by atoms with Crippen LogP contribution < -0.4 is 10.6 Å². The van der Waals surface area contributed by atoms with E-state index in [2.05, 4.69) is 32.0 Å². The summed E-state index contributed by atoms with van der Waals surface area (Å²) in [6.07, 6.45) is 1.19. The number of amides is 2. The summed E-state index contributed by atoms with van der Waals surface area (Å²) in [6, 6.07) is 5.58. The molecule has 1 aromatic heterocycles. The van der Waals surface area contributed by atoms with Crippen LogP contribution in [-0.4, -0.2) is 51.4 Å². The first kappa shape index (κ1) is 19.4. The van der Waals surface area contributed by atoms with Crippen molar-refractivity contribution in [2.45, 2.75) is 59.2 Å². The molecule has 0 aliphatic carbocycles. The summed E-state index contributed by atoms with van der Waals surface area (Å²) in [5, 5.41) is 5.79. The van der Waals surface area contributed by atoms with E-state index < -0.39 is 6.04 Å². The molecule has 146 valence electrons. The molecule has 0 bridgehead atoms. The maximum atomic E-state index is 12.6. The predicted octanol–water partition coefficient (Wildman–Crippen LogP) is 2.29. The number of aromatic nitrogens is 2. The van der Waals surface area contributed by atoms with E-state index in [4.69, 9.17) is 0 Å². The van der Waals surface area contributed by atoms with E-state index in [1.807, 2.05) is 39.0 Å². The summed E-state index contributed by atoms with van der Waals surface area (Å²) in [7, 11) is 0. The fourth-order valence-electron chi connectivity index (χ4n) is 3.78. The molecule has 27 heavy (non-hydrogen) atoms. The fraction of sp³-hybridized carbons (Fsp3) is 0.550. The van der Waals surface area contributed by atoms with E-state index in [9.17, 15) is 9.59 Å². The number of carbonyl (C=O) groups excluding carboxylic acids is 2. The summed E-state index contributed by atoms with van der Waals surface area (Å²) in [5.74, 6) is 0.739. The first-order valence-electron chi connectivity index (χ1n) is 9.71. The molecule has 2 aromatic rings. The molecule has 0 spiro atoms. The van der Waals surface area contributed by atoms with Gasteiger partial charge in [-0.2, -0.15) is 0 Å². The fourth-order valence-corrected chi connectivity index (χ4v) is 3.78. The number of hydrogen-bond acceptors (Lipinski definition) is 4. The second kappa shape index (κ2) is 8.08. The zero-order valence-corrected chi connectivity index (χ0v) is 16.6. The molecule has 1 fully saturated rings. The average Bonchev–Trinajstić information content (AvgIpc) is 2.91. The Hall–Kier alpha value is -2.41. The van der Waals surface area contributed by atoms with Gasteiger partial charge in [-0.05, 0) is 45.4 Å². The van der Waals surface area contributed by atoms with Crippen LogP contribution in [0.5, 0.6) is 0 Å². The van der Waals surface area contributed by atoms with E-state index in [0.29, 0.717) is 12.2 Å². The molecular weight excluding hydrogens is 342 g/mol. The number of anilines is 1. The highest BCUT2D eigenvalue weighted by Crippen LogP contribution is 2.21. The number of rotatable bonds is 6. The lowest BCUT2D eigenvalue weighted by Gasteiger charge is -2.37. The molecule has 0 radical (unpaired) electrons. The molecule has 1 saturated heterocycles. The largest absolute Gasteiger partial charge is 0.353 e. The van der Waals surface area contributed by atoms with Crippen LogP contribution in [0.4, 0.5) is 5.69 Å². The number of carbonyl (C=O) groups is 2. The van der Waals surface area contributed by atoms with E-state index in [1.54, 1.807) is 0 Å². The van der Waals surface area contributed by atoms with Crippen molar-refractivity contribution in [2.75, 3.05) is 18.4 Å². The lowest BCUT2D eigenvalue weighted by molar-refractivity contribution is -0.133. The molecule has 0 saturated carbocycles. The number of benzene rings is 1. The van der Waals surface area contributed by atoms with Gasteiger partial charge in [-0.15, -0.1) is 0 Å². The number of hydrogen-bond donors (Lipinski definition) is 2. The zero-order valence-electron chi connectivity index (χ0n) is 16.6. The topological polar surface area (TPSA) is 79.3 Å². The van der Waals surface area contributed by atoms with Crippen molar-refractivity contribution in [1.29, 1.82) is 0 Å². The van der Waals surface area contributed by atoms with Crippen LogP contribution in [0.3, 0.4) is 0 Å². The molecule has 1 atom stereocenters. The molecule has 7 nitrogen and oxygen atoms in total. The van der Waals surface area contributed by atoms with Crippen LogP contribution in [-0.2, 0) is 16.1 Å². The normalized spacial score (nSPS) is 18.1. The second-order valence-electron chi connectivity index (χ2n) is 7.40. The van der Waals surface area contributed by atoms with Crippen LogP contribution in [0, 0.1) is 6.92 Å². The summed E-state index contributed by atoms with van der Waals surface area (Å²) < 4.78 is 2.19. The Morgan fingerprint density at radius 1 is 1.41 bits per heavy atom. The smallest absolute Gasteiger partial charge is 0.237 e. The van der Waals surface area contributed by atoms with Gasteiger partial charge in [-0.1, -0.05) is 6.92 Å². The molecule has 7 heteroatoms. The summed E-state index contributed by atoms with van der Waals surface area (Å²) >= 11 is 0. The zero-order chi connectivity index (χ0) is 19.6. The van der Waals surface area contributed by atoms with E-state index >= 15 is 0 Å². The summed E-state index contributed by atoms with van der Waals surface area (Å²) in [5.41, 5.74) is 2.66. The molecule has 1 aliphatic heterocycles. The standard InChI is InChI=1S/C20H29N5O2/c1-5-9-25-14(4)22-16-11-15(6-7-17(16)25)23-19(26)12-18-20(27)21-8-10-24(18)13(2)3/h6-7,11,13,18H,5,8-10,12H2,1-4H3,(H,21,27)(H,23,26). The van der Waals surface area contributed by atoms with Crippen molar-refractivity contribution < 1.29 is 9.59 Å². The number of fused-ring (bicyclic) bond motifs is 1. The van der Waals surface area contributed by atoms with Gasteiger partial charge < -0.3 is 15.2 Å². The van der Waals surface area contributed by atoms with Crippen LogP contribution in [0.15, 0.2) is 18.2 Å². The minimum absolute atomic E-state index is 0.0746. The Labute approximate surface area is 160 Å². The third-order valence-corrected chi connectivity index (χ3v) is 5.08. The maximum Gasteiger partial charge on any atom is 0.237 e. The van der Waals surface area contributed by atoms with Gasteiger partial charge in [0, 0.05) is 31.4 Å². The first-order valence-corrected chi connectivity index (χ1v) is 9.71. The first-order chi connectivity index (χ1) is 12.9. The van der Waals surface area contributed by atoms with Crippen molar-refractivity contribution in [2.24, 2.45) is 0 Å². The molecule has 3 rings (SSSR count). The predicted molar refractivity (Wildman–Crippen MR) is 107 cm³/mol. The van der Waals surface area contributed by atoms with E-state index in [-0.39, 0.29) is 24.3 Å². The Balaban J connectivity index is 1.72. The van der Waals surface area contributed by atoms with Gasteiger partial charge in [-0.3, -0.25) is 14.5 Å². The number of piperazine rings is 1. The molecule has 2 heterocycles. The number of nitrogens with one attached hydrogen (secondary N) is 2. The molecule has 2 amide bonds. The van der Waals surface area contributed by atoms with Gasteiger partial charge in [0.2, 0.25) is 11.8 Å². The second-order valence-corrected chi connectivity index (χ2v) is 7.40. The quantitative estimate of drug-likeness (QED) is 0.817. The highest BCUT2D eigenvalue weighted by molar-refractivity contribution is 5.97. The van der Waals surface area contributed by atoms with Gasteiger partial charge in [0.1, 0.15) is 5.82 Å². The highest BCUT2D eigenvalue weighted by atomic mass is 16.2. The number of aryl methyl sites for hydroxylation is 2. The van der Waals surface area contributed by atoms with Crippen molar-refractivity contribution in [1.82, 2.24) is 19.8 Å². The SMILES string of the molecule is CCCn1c(C)nc2cc(NC(=O)CC3C(=O)NCCN3C(C)C)ccc21. The van der Waals surface area contributed by atoms with Gasteiger partial charge in [-0.25, -0.2) is 4.98 Å². The third kappa shape index (κ3) is 4.13. The summed E-state index contributed by atoms with van der Waals surface area (Å²) in [6.45, 7) is 10.6. The highest BCUT2D eigenvalue weighted by Gasteiger charge is 2.32. The number of nitrogens with zero attached hydrogens (tertiary/aromatic N) is 3. The Morgan fingerprint density at radius 3 is 2.89 bits per heavy atom. The van der Waals surface area contributed by atoms with Gasteiger partial charge >= 0.3 is 0 Å². The Bertz CT molecular complexity index is 842. The van der Waals surface area contributed by atoms with Crippen LogP contribution in [0.1, 0.15) is 39.4 Å². The third-order valence-electron chi connectivity index (χ3n) is 5.08. The lowest BCUT2D eigenvalue weighted by Crippen LogP contribution is -2.58. The number of imidazole rings is 1. The van der Waals surface area contributed by atoms with Crippen molar-refractivity contribution in [3.05, 3.63) is 24.0 Å². The van der Waals surface area contributed by atoms with Gasteiger partial charge in [0.25, 0.3) is 0 Å². The van der Waals surface area contributed by atoms with Crippen molar-refractivity contribution >= 4 is 28.5 Å². The molecule has 1 unspecified atom stereocenters. The molecular formula is C20H29N5O2. The molecule has 1 aromatic carbocycles. The van der Waals surface area contributed by atoms with Crippen LogP contribution in [0.25, 0.3) is 11.0 Å². The molecule has 1 aliphatic rings. The van der Waals surface area contributed by atoms with Crippen molar-refractivity contribution in [3.63, 3.8) is 0 Å². The van der Waals surface area contributed by atoms with Gasteiger partial charge in [0.15, 0.2) is 0 Å². The van der Waals surface area contributed by atoms with E-state index in [0.717, 1.165) is 36.4 Å². The summed E-state index contributed by atoms with van der Waals surface area (Å²) in [4.78, 5) is 31.5. The minimum Gasteiger partial charge on any atom is -0.353 e. The maximum absolute atomic E-state index is 12.6. The van der Waals surface area contributed by atoms with Crippen molar-refractivity contribution in [3.8, 4) is 0 Å². The molecule has 2 N–H and O–H groups in total. The Kier molecular flexibility index (Phi) is 5.79. The Morgan fingerprint density at radius 2 is 2.19 bits per heavy atom. The van der Waals surface area contributed by atoms with Crippen LogP contribution >= 0.6 is 0 Å². The monoisotopic (exact) mass is 371 g/mol. The van der Waals surface area contributed by atoms with E-state index in [1.165, 1.54) is 0 Å².